The molecule has 0 saturated carbocycles. The third-order valence-electron chi connectivity index (χ3n) is 5.16. The number of ether oxygens (including phenoxy) is 2. The average Bonchev–Trinajstić information content (AvgIpc) is 3.09. The van der Waals surface area contributed by atoms with E-state index in [1.807, 2.05) is 26.8 Å². The lowest BCUT2D eigenvalue weighted by Crippen LogP contribution is -2.24. The van der Waals surface area contributed by atoms with Crippen LogP contribution in [0.4, 0.5) is 5.82 Å². The fourth-order valence-corrected chi connectivity index (χ4v) is 3.52. The number of rotatable bonds is 5. The molecule has 8 heteroatoms. The smallest absolute Gasteiger partial charge is 0.271 e. The molecule has 8 nitrogen and oxygen atoms in total. The molecule has 3 aromatic rings. The lowest BCUT2D eigenvalue weighted by Gasteiger charge is -2.16. The maximum Gasteiger partial charge on any atom is 0.271 e. The molecule has 1 N–H and O–H groups in total. The van der Waals surface area contributed by atoms with Crippen molar-refractivity contribution in [3.8, 4) is 17.2 Å². The summed E-state index contributed by atoms with van der Waals surface area (Å²) < 4.78 is 12.2. The van der Waals surface area contributed by atoms with Crippen LogP contribution in [0, 0.1) is 6.92 Å². The van der Waals surface area contributed by atoms with Crippen molar-refractivity contribution in [3.05, 3.63) is 71.2 Å². The molecule has 2 amide bonds. The summed E-state index contributed by atoms with van der Waals surface area (Å²) in [6.07, 6.45) is 3.81. The molecule has 33 heavy (non-hydrogen) atoms. The molecule has 1 aromatic carbocycles. The number of carbonyl (C=O) groups excluding carboxylic acids is 2. The molecule has 1 aliphatic heterocycles. The average molecular weight is 447 g/mol. The van der Waals surface area contributed by atoms with Crippen molar-refractivity contribution in [2.75, 3.05) is 19.4 Å². The second-order valence-corrected chi connectivity index (χ2v) is 8.85. The maximum absolute atomic E-state index is 12.9. The van der Waals surface area contributed by atoms with Crippen LogP contribution in [0.3, 0.4) is 0 Å². The van der Waals surface area contributed by atoms with Gasteiger partial charge in [0.2, 0.25) is 0 Å². The highest BCUT2D eigenvalue weighted by Crippen LogP contribution is 2.43. The molecule has 0 saturated heterocycles. The predicted octanol–water partition coefficient (Wildman–Crippen LogP) is 4.24. The summed E-state index contributed by atoms with van der Waals surface area (Å²) in [6.45, 7) is 5.89. The third-order valence-corrected chi connectivity index (χ3v) is 5.16. The van der Waals surface area contributed by atoms with Gasteiger partial charge in [-0.15, -0.1) is 0 Å². The van der Waals surface area contributed by atoms with Crippen LogP contribution in [0.2, 0.25) is 0 Å². The Hall–Kier alpha value is -3.94. The molecule has 4 rings (SSSR count). The van der Waals surface area contributed by atoms with Crippen molar-refractivity contribution in [1.29, 1.82) is 0 Å². The van der Waals surface area contributed by atoms with E-state index in [0.717, 1.165) is 11.1 Å². The normalized spacial score (nSPS) is 13.6. The quantitative estimate of drug-likeness (QED) is 0.630. The van der Waals surface area contributed by atoms with Crippen LogP contribution in [-0.2, 0) is 6.42 Å². The fourth-order valence-electron chi connectivity index (χ4n) is 3.52. The largest absolute Gasteiger partial charge is 0.487 e. The molecule has 0 bridgehead atoms. The zero-order valence-electron chi connectivity index (χ0n) is 19.3. The number of hydrogen-bond acceptors (Lipinski definition) is 6. The number of carbonyl (C=O) groups is 2. The number of aryl methyl sites for hydroxylation is 1. The number of nitrogens with zero attached hydrogens (tertiary/aromatic N) is 3. The SMILES string of the molecule is Cc1ccc(NC(=O)c2cc(Oc3ccc(C(=O)N(C)C)nc3)c3c(c2)OC(C)(C)C3)nc1. The monoisotopic (exact) mass is 446 g/mol. The zero-order valence-corrected chi connectivity index (χ0v) is 19.3. The van der Waals surface area contributed by atoms with Crippen LogP contribution in [0.5, 0.6) is 17.2 Å². The van der Waals surface area contributed by atoms with E-state index in [2.05, 4.69) is 15.3 Å². The zero-order chi connectivity index (χ0) is 23.8. The van der Waals surface area contributed by atoms with Crippen molar-refractivity contribution in [2.24, 2.45) is 0 Å². The van der Waals surface area contributed by atoms with E-state index in [9.17, 15) is 9.59 Å². The number of amides is 2. The summed E-state index contributed by atoms with van der Waals surface area (Å²) in [4.78, 5) is 34.9. The first-order valence-electron chi connectivity index (χ1n) is 10.6. The molecule has 0 fully saturated rings. The van der Waals surface area contributed by atoms with Crippen LogP contribution in [-0.4, -0.2) is 46.4 Å². The van der Waals surface area contributed by atoms with E-state index in [1.165, 1.54) is 11.1 Å². The van der Waals surface area contributed by atoms with E-state index in [4.69, 9.17) is 9.47 Å². The van der Waals surface area contributed by atoms with Gasteiger partial charge < -0.3 is 19.7 Å². The number of benzene rings is 1. The first-order valence-corrected chi connectivity index (χ1v) is 10.6. The highest BCUT2D eigenvalue weighted by molar-refractivity contribution is 6.04. The lowest BCUT2D eigenvalue weighted by molar-refractivity contribution is 0.0821. The van der Waals surface area contributed by atoms with Gasteiger partial charge >= 0.3 is 0 Å². The van der Waals surface area contributed by atoms with E-state index in [0.29, 0.717) is 40.7 Å². The number of anilines is 1. The Kier molecular flexibility index (Phi) is 5.76. The van der Waals surface area contributed by atoms with Crippen LogP contribution in [0.1, 0.15) is 45.8 Å². The van der Waals surface area contributed by atoms with E-state index >= 15 is 0 Å². The predicted molar refractivity (Wildman–Crippen MR) is 124 cm³/mol. The number of nitrogens with one attached hydrogen (secondary N) is 1. The molecule has 1 aliphatic rings. The Labute approximate surface area is 192 Å². The van der Waals surface area contributed by atoms with Crippen molar-refractivity contribution >= 4 is 17.6 Å². The summed E-state index contributed by atoms with van der Waals surface area (Å²) >= 11 is 0. The molecule has 0 aliphatic carbocycles. The number of aromatic nitrogens is 2. The molecule has 0 atom stereocenters. The minimum atomic E-state index is -0.422. The first kappa shape index (κ1) is 22.3. The molecule has 0 radical (unpaired) electrons. The summed E-state index contributed by atoms with van der Waals surface area (Å²) in [5, 5.41) is 2.80. The Morgan fingerprint density at radius 2 is 1.88 bits per heavy atom. The van der Waals surface area contributed by atoms with Crippen molar-refractivity contribution in [2.45, 2.75) is 32.8 Å². The molecule has 170 valence electrons. The fraction of sp³-hybridized carbons (Fsp3) is 0.280. The van der Waals surface area contributed by atoms with Gasteiger partial charge in [-0.2, -0.15) is 0 Å². The number of pyridine rings is 2. The van der Waals surface area contributed by atoms with Crippen molar-refractivity contribution in [1.82, 2.24) is 14.9 Å². The number of hydrogen-bond donors (Lipinski definition) is 1. The molecule has 2 aromatic heterocycles. The molecule has 0 unspecified atom stereocenters. The Balaban J connectivity index is 1.63. The minimum Gasteiger partial charge on any atom is -0.487 e. The summed E-state index contributed by atoms with van der Waals surface area (Å²) in [7, 11) is 3.34. The molecule has 0 spiro atoms. The maximum atomic E-state index is 12.9. The second kappa shape index (κ2) is 8.54. The Bertz CT molecular complexity index is 1200. The third kappa shape index (κ3) is 4.95. The first-order chi connectivity index (χ1) is 15.6. The van der Waals surface area contributed by atoms with E-state index in [1.54, 1.807) is 50.6 Å². The van der Waals surface area contributed by atoms with Gasteiger partial charge in [-0.3, -0.25) is 9.59 Å². The van der Waals surface area contributed by atoms with Crippen LogP contribution in [0.15, 0.2) is 48.8 Å². The second-order valence-electron chi connectivity index (χ2n) is 8.85. The molecular weight excluding hydrogens is 420 g/mol. The standard InChI is InChI=1S/C25H26N4O4/c1-15-6-9-22(27-13-15)28-23(30)16-10-20(18-12-25(2,3)33-21(18)11-16)32-17-7-8-19(26-14-17)24(31)29(4)5/h6-11,13-14H,12H2,1-5H3,(H,27,28,30). The van der Waals surface area contributed by atoms with Crippen molar-refractivity contribution < 1.29 is 19.1 Å². The van der Waals surface area contributed by atoms with Crippen LogP contribution < -0.4 is 14.8 Å². The summed E-state index contributed by atoms with van der Waals surface area (Å²) in [5.74, 6) is 1.51. The van der Waals surface area contributed by atoms with Gasteiger partial charge in [-0.05, 0) is 56.7 Å². The minimum absolute atomic E-state index is 0.194. The van der Waals surface area contributed by atoms with Gasteiger partial charge in [-0.25, -0.2) is 9.97 Å². The van der Waals surface area contributed by atoms with Gasteiger partial charge in [0, 0.05) is 37.8 Å². The number of fused-ring (bicyclic) bond motifs is 1. The Morgan fingerprint density at radius 1 is 1.09 bits per heavy atom. The topological polar surface area (TPSA) is 93.7 Å². The van der Waals surface area contributed by atoms with Crippen LogP contribution in [0.25, 0.3) is 0 Å². The van der Waals surface area contributed by atoms with Gasteiger partial charge in [0.25, 0.3) is 11.8 Å². The highest BCUT2D eigenvalue weighted by Gasteiger charge is 2.34. The summed E-state index contributed by atoms with van der Waals surface area (Å²) in [5.41, 5.74) is 2.16. The van der Waals surface area contributed by atoms with Crippen molar-refractivity contribution in [3.63, 3.8) is 0 Å². The molecule has 3 heterocycles. The van der Waals surface area contributed by atoms with Gasteiger partial charge in [0.15, 0.2) is 0 Å². The van der Waals surface area contributed by atoms with Gasteiger partial charge in [0.05, 0.1) is 6.20 Å². The lowest BCUT2D eigenvalue weighted by atomic mass is 9.99. The summed E-state index contributed by atoms with van der Waals surface area (Å²) in [6, 6.07) is 10.3. The Morgan fingerprint density at radius 3 is 2.52 bits per heavy atom. The highest BCUT2D eigenvalue weighted by atomic mass is 16.5. The molecular formula is C25H26N4O4. The van der Waals surface area contributed by atoms with Crippen LogP contribution >= 0.6 is 0 Å². The van der Waals surface area contributed by atoms with E-state index < -0.39 is 5.60 Å². The van der Waals surface area contributed by atoms with Gasteiger partial charge in [-0.1, -0.05) is 6.07 Å². The van der Waals surface area contributed by atoms with Gasteiger partial charge in [0.1, 0.15) is 34.4 Å². The van der Waals surface area contributed by atoms with E-state index in [-0.39, 0.29) is 11.8 Å².